The molecule has 4 N–H and O–H groups in total. The molecule has 9 aromatic carbocycles. The molecule has 3 heterocycles. The molecule has 3 saturated heterocycles. The van der Waals surface area contributed by atoms with E-state index in [9.17, 15) is 43.5 Å². The zero-order chi connectivity index (χ0) is 73.3. The van der Waals surface area contributed by atoms with Crippen LogP contribution in [0, 0.1) is 17.8 Å². The standard InChI is InChI=1S/C30H31NO4.C25H23NO2.C16H21NO4.C13H11NO.CH2Cl2/c1-30(2,3)35-29(34)31-19-25(22-12-6-4-7-13-22)26(20-31)27(32)18-21-11-10-16-24(17-21)28(33)23-14-8-5-9-15-23;27-24(23-17-26-16-22(23)19-9-3-1-4-10-19)15-18-8-7-13-21(14-18)25(28)20-11-5-2-6-12-20;1-16(2,3)21-15(20)17-9-12(13(10-17)14(18)19)11-7-5-4-6-8-11;14-12-8-4-7-11(9-12)13(15)10-5-2-1-3-6-10;2-1-3/h4-17,25-26H,18-20H2,1-3H3;1-14,22-23,26H,15-17H2;4-8,12-13H,9-10H2,1-3H3,(H,18,19);1-9H,14H2;1H2/t25-,26+;22-,23+;12-,13+;;/m000../s1. The molecule has 3 aliphatic heterocycles. The highest BCUT2D eigenvalue weighted by Gasteiger charge is 2.43. The Labute approximate surface area is 608 Å². The first-order chi connectivity index (χ1) is 48.9. The zero-order valence-corrected chi connectivity index (χ0v) is 59.8. The first-order valence-corrected chi connectivity index (χ1v) is 35.0. The third kappa shape index (κ3) is 22.9. The first kappa shape index (κ1) is 77.4. The molecule has 0 aromatic heterocycles. The van der Waals surface area contributed by atoms with E-state index in [2.05, 4.69) is 17.4 Å². The summed E-state index contributed by atoms with van der Waals surface area (Å²) < 4.78 is 10.9. The lowest BCUT2D eigenvalue weighted by molar-refractivity contribution is -0.141. The Morgan fingerprint density at radius 3 is 1.08 bits per heavy atom. The fourth-order valence-corrected chi connectivity index (χ4v) is 12.5. The summed E-state index contributed by atoms with van der Waals surface area (Å²) in [6, 6.07) is 78.8. The number of ether oxygens (including phenoxy) is 2. The van der Waals surface area contributed by atoms with Crippen molar-refractivity contribution in [2.45, 2.75) is 83.3 Å². The summed E-state index contributed by atoms with van der Waals surface area (Å²) in [5.74, 6) is -1.76. The molecule has 6 atom stereocenters. The summed E-state index contributed by atoms with van der Waals surface area (Å²) in [6.07, 6.45) is -0.297. The molecule has 0 bridgehead atoms. The van der Waals surface area contributed by atoms with Gasteiger partial charge >= 0.3 is 18.2 Å². The van der Waals surface area contributed by atoms with Gasteiger partial charge in [0.15, 0.2) is 17.3 Å². The van der Waals surface area contributed by atoms with Gasteiger partial charge in [0.1, 0.15) is 22.8 Å². The van der Waals surface area contributed by atoms with E-state index < -0.39 is 35.3 Å². The van der Waals surface area contributed by atoms with E-state index in [-0.39, 0.29) is 76.8 Å². The number of nitrogens with two attached hydrogens (primary N) is 1. The van der Waals surface area contributed by atoms with Gasteiger partial charge in [-0.15, -0.1) is 23.2 Å². The maximum Gasteiger partial charge on any atom is 0.410 e. The van der Waals surface area contributed by atoms with E-state index in [4.69, 9.17) is 38.4 Å². The molecule has 17 heteroatoms. The first-order valence-electron chi connectivity index (χ1n) is 33.9. The largest absolute Gasteiger partial charge is 0.481 e. The van der Waals surface area contributed by atoms with Gasteiger partial charge in [0.2, 0.25) is 0 Å². The molecule has 102 heavy (non-hydrogen) atoms. The van der Waals surface area contributed by atoms with Gasteiger partial charge < -0.3 is 35.4 Å². The van der Waals surface area contributed by atoms with Crippen LogP contribution in [0.4, 0.5) is 15.3 Å². The number of nitrogen functional groups attached to an aromatic ring is 1. The second-order valence-corrected chi connectivity index (χ2v) is 27.9. The molecule has 2 amide bonds. The number of carboxylic acids is 1. The van der Waals surface area contributed by atoms with Gasteiger partial charge in [-0.3, -0.25) is 28.8 Å². The predicted molar refractivity (Wildman–Crippen MR) is 401 cm³/mol. The lowest BCUT2D eigenvalue weighted by Crippen LogP contribution is -2.36. The summed E-state index contributed by atoms with van der Waals surface area (Å²) in [5, 5.41) is 13.0. The van der Waals surface area contributed by atoms with Crippen molar-refractivity contribution in [1.29, 1.82) is 0 Å². The number of carbonyl (C=O) groups is 8. The van der Waals surface area contributed by atoms with Gasteiger partial charge in [-0.25, -0.2) is 9.59 Å². The predicted octanol–water partition coefficient (Wildman–Crippen LogP) is 16.4. The summed E-state index contributed by atoms with van der Waals surface area (Å²) >= 11 is 9.53. The summed E-state index contributed by atoms with van der Waals surface area (Å²) in [4.78, 5) is 104. The van der Waals surface area contributed by atoms with E-state index in [0.29, 0.717) is 71.7 Å². The lowest BCUT2D eigenvalue weighted by atomic mass is 9.84. The number of nitrogens with zero attached hydrogens (tertiary/aromatic N) is 2. The number of ketones is 5. The van der Waals surface area contributed by atoms with E-state index in [1.165, 1.54) is 10.5 Å². The number of amides is 2. The average Bonchev–Trinajstić information content (AvgIpc) is 1.65. The molecule has 3 fully saturated rings. The minimum Gasteiger partial charge on any atom is -0.481 e. The van der Waals surface area contributed by atoms with Gasteiger partial charge in [-0.2, -0.15) is 0 Å². The van der Waals surface area contributed by atoms with E-state index >= 15 is 0 Å². The van der Waals surface area contributed by atoms with Crippen LogP contribution in [0.15, 0.2) is 255 Å². The van der Waals surface area contributed by atoms with Crippen LogP contribution in [0.2, 0.25) is 0 Å². The van der Waals surface area contributed by atoms with Crippen LogP contribution in [-0.2, 0) is 36.7 Å². The quantitative estimate of drug-likeness (QED) is 0.0466. The number of anilines is 1. The van der Waals surface area contributed by atoms with Crippen molar-refractivity contribution in [3.8, 4) is 0 Å². The number of nitrogens with one attached hydrogen (secondary N) is 1. The Balaban J connectivity index is 0.000000177. The summed E-state index contributed by atoms with van der Waals surface area (Å²) in [7, 11) is 0. The van der Waals surface area contributed by atoms with Crippen LogP contribution < -0.4 is 11.1 Å². The SMILES string of the molecule is CC(C)(C)OC(=O)N1C[C@@H](C(=O)Cc2cccc(C(=O)c3ccccc3)c2)[C@H](c2ccccc2)C1.CC(C)(C)OC(=O)N1C[C@@H](C(=O)O)[C@H](c2ccccc2)C1.ClCCl.Nc1cccc(C(=O)c2ccccc2)c1.O=C(c1ccccc1)c1cccc(CC(=O)[C@@H]2CNC[C@H]2c2ccccc2)c1. The van der Waals surface area contributed by atoms with Crippen LogP contribution in [0.5, 0.6) is 0 Å². The van der Waals surface area contributed by atoms with Crippen LogP contribution in [0.1, 0.15) is 135 Å². The fourth-order valence-electron chi connectivity index (χ4n) is 12.5. The normalized spacial score (nSPS) is 17.4. The van der Waals surface area contributed by atoms with Crippen LogP contribution in [0.3, 0.4) is 0 Å². The summed E-state index contributed by atoms with van der Waals surface area (Å²) in [6.45, 7) is 13.7. The number of halogens is 2. The molecular formula is C85H88Cl2N4O11. The minimum absolute atomic E-state index is 0.00269. The van der Waals surface area contributed by atoms with Crippen molar-refractivity contribution in [3.05, 3.63) is 316 Å². The Bertz CT molecular complexity index is 4250. The van der Waals surface area contributed by atoms with Gasteiger partial charge in [-0.05, 0) is 93.6 Å². The number of rotatable bonds is 16. The Kier molecular flexibility index (Phi) is 28.4. The Hall–Kier alpha value is -10.3. The topological polar surface area (TPSA) is 220 Å². The van der Waals surface area contributed by atoms with Crippen molar-refractivity contribution in [2.24, 2.45) is 17.8 Å². The van der Waals surface area contributed by atoms with Gasteiger partial charge in [-0.1, -0.05) is 231 Å². The number of carbonyl (C=O) groups excluding carboxylic acids is 7. The van der Waals surface area contributed by atoms with Gasteiger partial charge in [0, 0.05) is 121 Å². The Morgan fingerprint density at radius 2 is 0.716 bits per heavy atom. The summed E-state index contributed by atoms with van der Waals surface area (Å²) in [5.41, 5.74) is 13.7. The van der Waals surface area contributed by atoms with Crippen LogP contribution in [-0.4, -0.2) is 118 Å². The monoisotopic (exact) mass is 1410 g/mol. The van der Waals surface area contributed by atoms with Crippen molar-refractivity contribution in [1.82, 2.24) is 15.1 Å². The van der Waals surface area contributed by atoms with E-state index in [0.717, 1.165) is 28.8 Å². The molecule has 0 spiro atoms. The third-order valence-electron chi connectivity index (χ3n) is 17.4. The molecular weight excluding hydrogens is 1320 g/mol. The van der Waals surface area contributed by atoms with Crippen LogP contribution in [0.25, 0.3) is 0 Å². The number of carboxylic acid groups (broad SMARTS) is 1. The number of benzene rings is 9. The number of alkyl halides is 2. The number of hydrogen-bond acceptors (Lipinski definition) is 12. The number of hydrogen-bond donors (Lipinski definition) is 3. The average molecular weight is 1410 g/mol. The molecule has 0 aliphatic carbocycles. The number of likely N-dealkylation sites (tertiary alicyclic amines) is 2. The number of aliphatic carboxylic acids is 1. The molecule has 528 valence electrons. The van der Waals surface area contributed by atoms with Crippen LogP contribution >= 0.6 is 23.2 Å². The second kappa shape index (κ2) is 37.4. The van der Waals surface area contributed by atoms with Crippen molar-refractivity contribution >= 4 is 76.0 Å². The highest BCUT2D eigenvalue weighted by molar-refractivity contribution is 6.40. The smallest absolute Gasteiger partial charge is 0.410 e. The maximum atomic E-state index is 13.5. The number of Topliss-reactive ketones (excluding diaryl/α,β-unsaturated/α-hetero) is 2. The van der Waals surface area contributed by atoms with E-state index in [1.807, 2.05) is 203 Å². The maximum absolute atomic E-state index is 13.5. The van der Waals surface area contributed by atoms with Gasteiger partial charge in [0.25, 0.3) is 0 Å². The zero-order valence-electron chi connectivity index (χ0n) is 58.3. The van der Waals surface area contributed by atoms with Gasteiger partial charge in [0.05, 0.1) is 11.3 Å². The van der Waals surface area contributed by atoms with E-state index in [1.54, 1.807) is 86.3 Å². The third-order valence-corrected chi connectivity index (χ3v) is 17.4. The molecule has 0 radical (unpaired) electrons. The molecule has 9 aromatic rings. The van der Waals surface area contributed by atoms with Crippen molar-refractivity contribution < 1.29 is 52.9 Å². The molecule has 15 nitrogen and oxygen atoms in total. The molecule has 0 saturated carbocycles. The highest BCUT2D eigenvalue weighted by atomic mass is 35.5. The minimum atomic E-state index is -0.880. The highest BCUT2D eigenvalue weighted by Crippen LogP contribution is 2.37. The second-order valence-electron chi connectivity index (χ2n) is 27.1. The van der Waals surface area contributed by atoms with Crippen molar-refractivity contribution in [2.75, 3.05) is 50.3 Å². The fraction of sp³-hybridized carbons (Fsp3) is 0.271. The molecule has 12 rings (SSSR count). The molecule has 0 unspecified atom stereocenters. The lowest BCUT2D eigenvalue weighted by Gasteiger charge is -2.24. The Morgan fingerprint density at radius 1 is 0.402 bits per heavy atom. The van der Waals surface area contributed by atoms with Crippen molar-refractivity contribution in [3.63, 3.8) is 0 Å². The molecule has 3 aliphatic rings.